The van der Waals surface area contributed by atoms with Crippen LogP contribution in [0, 0.1) is 18.6 Å². The average Bonchev–Trinajstić information content (AvgIpc) is 2.72. The molecule has 4 rings (SSSR count). The smallest absolute Gasteiger partial charge is 0.258 e. The molecule has 0 saturated carbocycles. The summed E-state index contributed by atoms with van der Waals surface area (Å²) in [7, 11) is 0. The number of benzene rings is 2. The molecule has 0 spiro atoms. The van der Waals surface area contributed by atoms with Gasteiger partial charge >= 0.3 is 0 Å². The van der Waals surface area contributed by atoms with E-state index in [1.807, 2.05) is 22.8 Å². The van der Waals surface area contributed by atoms with Gasteiger partial charge < -0.3 is 5.32 Å². The van der Waals surface area contributed by atoms with E-state index in [1.54, 1.807) is 0 Å². The molecule has 1 aliphatic rings. The van der Waals surface area contributed by atoms with Crippen LogP contribution in [0.25, 0.3) is 5.69 Å². The van der Waals surface area contributed by atoms with Crippen molar-refractivity contribution in [1.29, 1.82) is 0 Å². The molecule has 3 aromatic rings. The molecule has 2 aromatic carbocycles. The number of hydrogen-bond acceptors (Lipinski definition) is 4. The fraction of sp³-hybridized carbons (Fsp3) is 0.304. The van der Waals surface area contributed by atoms with Crippen LogP contribution in [0.1, 0.15) is 28.7 Å². The van der Waals surface area contributed by atoms with Crippen LogP contribution < -0.4 is 10.9 Å². The molecule has 0 unspecified atom stereocenters. The van der Waals surface area contributed by atoms with Crippen LogP contribution in [0.4, 0.5) is 5.82 Å². The Balaban J connectivity index is 1.58. The average molecular weight is 407 g/mol. The van der Waals surface area contributed by atoms with Crippen LogP contribution in [0.3, 0.4) is 0 Å². The Morgan fingerprint density at radius 3 is 2.66 bits per heavy atom. The normalized spacial score (nSPS) is 13.7. The third-order valence-electron chi connectivity index (χ3n) is 5.66. The molecule has 0 saturated heterocycles. The van der Waals surface area contributed by atoms with Crippen molar-refractivity contribution in [3.8, 4) is 5.69 Å². The van der Waals surface area contributed by atoms with Gasteiger partial charge in [0.15, 0.2) is 4.77 Å². The zero-order chi connectivity index (χ0) is 20.4. The maximum atomic E-state index is 12.7. The highest BCUT2D eigenvalue weighted by molar-refractivity contribution is 7.71. The van der Waals surface area contributed by atoms with Crippen LogP contribution in [-0.2, 0) is 13.0 Å². The number of H-pyrrole nitrogens is 1. The zero-order valence-electron chi connectivity index (χ0n) is 16.9. The molecule has 0 bridgehead atoms. The van der Waals surface area contributed by atoms with E-state index in [1.165, 1.54) is 11.1 Å². The van der Waals surface area contributed by atoms with Crippen LogP contribution >= 0.6 is 12.2 Å². The fourth-order valence-electron chi connectivity index (χ4n) is 3.89. The van der Waals surface area contributed by atoms with Crippen LogP contribution in [-0.4, -0.2) is 27.7 Å². The summed E-state index contributed by atoms with van der Waals surface area (Å²) in [5.41, 5.74) is 5.34. The lowest BCUT2D eigenvalue weighted by molar-refractivity contribution is 0.269. The topological polar surface area (TPSA) is 53.1 Å². The van der Waals surface area contributed by atoms with Gasteiger partial charge in [-0.3, -0.25) is 19.2 Å². The molecule has 2 heterocycles. The third-order valence-corrected chi connectivity index (χ3v) is 5.94. The van der Waals surface area contributed by atoms with E-state index in [4.69, 9.17) is 12.2 Å². The first-order valence-corrected chi connectivity index (χ1v) is 10.4. The molecule has 1 aliphatic heterocycles. The van der Waals surface area contributed by atoms with Crippen molar-refractivity contribution in [2.75, 3.05) is 18.5 Å². The van der Waals surface area contributed by atoms with E-state index in [0.717, 1.165) is 42.0 Å². The van der Waals surface area contributed by atoms with E-state index >= 15 is 0 Å². The second-order valence-electron chi connectivity index (χ2n) is 7.62. The Morgan fingerprint density at radius 2 is 1.86 bits per heavy atom. The largest absolute Gasteiger partial charge is 0.358 e. The summed E-state index contributed by atoms with van der Waals surface area (Å²) in [6.07, 6.45) is 2.09. The first-order chi connectivity index (χ1) is 14.0. The molecule has 1 aromatic heterocycles. The number of rotatable bonds is 5. The second kappa shape index (κ2) is 8.35. The zero-order valence-corrected chi connectivity index (χ0v) is 17.7. The predicted octanol–water partition coefficient (Wildman–Crippen LogP) is 4.33. The number of anilines is 1. The highest BCUT2D eigenvalue weighted by Crippen LogP contribution is 2.26. The predicted molar refractivity (Wildman–Crippen MR) is 120 cm³/mol. The van der Waals surface area contributed by atoms with Crippen molar-refractivity contribution in [3.63, 3.8) is 0 Å². The lowest BCUT2D eigenvalue weighted by atomic mass is 10.1. The number of aromatic amines is 1. The van der Waals surface area contributed by atoms with Crippen molar-refractivity contribution in [1.82, 2.24) is 14.5 Å². The quantitative estimate of drug-likeness (QED) is 0.619. The lowest BCUT2D eigenvalue weighted by Crippen LogP contribution is -2.39. The van der Waals surface area contributed by atoms with Crippen molar-refractivity contribution in [2.45, 2.75) is 33.2 Å². The summed E-state index contributed by atoms with van der Waals surface area (Å²) in [4.78, 5) is 17.8. The molecule has 29 heavy (non-hydrogen) atoms. The minimum atomic E-state index is -0.105. The van der Waals surface area contributed by atoms with E-state index in [9.17, 15) is 4.79 Å². The van der Waals surface area contributed by atoms with Gasteiger partial charge in [0.1, 0.15) is 5.82 Å². The number of aryl methyl sites for hydroxylation is 2. The Kier molecular flexibility index (Phi) is 5.65. The second-order valence-corrected chi connectivity index (χ2v) is 8.00. The van der Waals surface area contributed by atoms with Gasteiger partial charge in [-0.25, -0.2) is 0 Å². The van der Waals surface area contributed by atoms with Crippen LogP contribution in [0.5, 0.6) is 0 Å². The van der Waals surface area contributed by atoms with Crippen molar-refractivity contribution >= 4 is 18.0 Å². The van der Waals surface area contributed by atoms with E-state index in [2.05, 4.69) is 59.4 Å². The molecule has 150 valence electrons. The third kappa shape index (κ3) is 4.04. The van der Waals surface area contributed by atoms with Gasteiger partial charge in [0.05, 0.1) is 17.9 Å². The lowest BCUT2D eigenvalue weighted by Gasteiger charge is -2.31. The molecule has 0 radical (unpaired) electrons. The molecule has 0 fully saturated rings. The molecule has 0 aliphatic carbocycles. The number of fused-ring (bicyclic) bond motifs is 1. The molecular weight excluding hydrogens is 380 g/mol. The first kappa shape index (κ1) is 19.6. The molecule has 0 amide bonds. The molecule has 6 heteroatoms. The highest BCUT2D eigenvalue weighted by atomic mass is 32.1. The monoisotopic (exact) mass is 406 g/mol. The minimum absolute atomic E-state index is 0.105. The molecule has 2 N–H and O–H groups in total. The number of hydrogen-bond donors (Lipinski definition) is 2. The van der Waals surface area contributed by atoms with Gasteiger partial charge in [0, 0.05) is 13.1 Å². The Bertz CT molecular complexity index is 1130. The van der Waals surface area contributed by atoms with Gasteiger partial charge in [-0.15, -0.1) is 0 Å². The maximum Gasteiger partial charge on any atom is 0.258 e. The van der Waals surface area contributed by atoms with Gasteiger partial charge in [-0.1, -0.05) is 42.5 Å². The number of aromatic nitrogens is 2. The molecule has 5 nitrogen and oxygen atoms in total. The van der Waals surface area contributed by atoms with Crippen molar-refractivity contribution in [2.24, 2.45) is 0 Å². The Hall–Kier alpha value is -2.70. The van der Waals surface area contributed by atoms with Gasteiger partial charge in [-0.05, 0) is 61.7 Å². The summed E-state index contributed by atoms with van der Waals surface area (Å²) < 4.78 is 2.39. The maximum absolute atomic E-state index is 12.7. The first-order valence-electron chi connectivity index (χ1n) is 9.99. The highest BCUT2D eigenvalue weighted by Gasteiger charge is 2.23. The summed E-state index contributed by atoms with van der Waals surface area (Å²) in [5.74, 6) is 0.812. The van der Waals surface area contributed by atoms with E-state index < -0.39 is 0 Å². The van der Waals surface area contributed by atoms with Gasteiger partial charge in [0.25, 0.3) is 5.56 Å². The van der Waals surface area contributed by atoms with Crippen LogP contribution in [0.2, 0.25) is 0 Å². The Morgan fingerprint density at radius 1 is 1.07 bits per heavy atom. The SMILES string of the molecule is Cc1cccc(-n2c3c(c(=O)[nH]c2=S)CN(CCCc2ccccc2)CN3)c1C. The van der Waals surface area contributed by atoms with E-state index in [0.29, 0.717) is 18.0 Å². The number of nitrogens with one attached hydrogen (secondary N) is 2. The number of nitrogens with zero attached hydrogens (tertiary/aromatic N) is 2. The molecular formula is C23H26N4OS. The van der Waals surface area contributed by atoms with E-state index in [-0.39, 0.29) is 5.56 Å². The van der Waals surface area contributed by atoms with Gasteiger partial charge in [-0.2, -0.15) is 0 Å². The summed E-state index contributed by atoms with van der Waals surface area (Å²) in [6, 6.07) is 16.7. The van der Waals surface area contributed by atoms with Crippen LogP contribution in [0.15, 0.2) is 53.3 Å². The summed E-state index contributed by atoms with van der Waals surface area (Å²) in [6.45, 7) is 6.42. The van der Waals surface area contributed by atoms with Gasteiger partial charge in [0.2, 0.25) is 0 Å². The standard InChI is InChI=1S/C23H26N4OS/c1-16-8-6-12-20(17(16)2)27-21-19(22(28)25-23(27)29)14-26(15-24-21)13-7-11-18-9-4-3-5-10-18/h3-6,8-10,12,24H,7,11,13-15H2,1-2H3,(H,25,28,29). The fourth-order valence-corrected chi connectivity index (χ4v) is 4.17. The minimum Gasteiger partial charge on any atom is -0.358 e. The summed E-state index contributed by atoms with van der Waals surface area (Å²) in [5, 5.41) is 3.46. The van der Waals surface area contributed by atoms with Crippen molar-refractivity contribution in [3.05, 3.63) is 85.9 Å². The molecule has 0 atom stereocenters. The van der Waals surface area contributed by atoms with Crippen molar-refractivity contribution < 1.29 is 0 Å². The summed E-state index contributed by atoms with van der Waals surface area (Å²) >= 11 is 5.52. The Labute approximate surface area is 176 Å².